The first-order valence-corrected chi connectivity index (χ1v) is 5.09. The third-order valence-corrected chi connectivity index (χ3v) is 3.07. The first-order chi connectivity index (χ1) is 7.21. The molecule has 1 aliphatic heterocycles. The molecule has 1 heterocycles. The van der Waals surface area contributed by atoms with E-state index in [-0.39, 0.29) is 12.0 Å². The van der Waals surface area contributed by atoms with Crippen molar-refractivity contribution < 1.29 is 14.8 Å². The molecule has 4 N–H and O–H groups in total. The zero-order valence-electron chi connectivity index (χ0n) is 9.77. The van der Waals surface area contributed by atoms with Crippen LogP contribution in [0.15, 0.2) is 16.5 Å². The largest absolute Gasteiger partial charge is 0.489 e. The molecule has 0 fully saturated rings. The fourth-order valence-corrected chi connectivity index (χ4v) is 1.78. The number of dihydropyridines is 1. The maximum absolute atomic E-state index is 11.6. The van der Waals surface area contributed by atoms with Crippen molar-refractivity contribution >= 4 is 19.2 Å². The second-order valence-corrected chi connectivity index (χ2v) is 5.07. The van der Waals surface area contributed by atoms with Gasteiger partial charge in [-0.15, -0.1) is 0 Å². The minimum atomic E-state index is -1.63. The van der Waals surface area contributed by atoms with Crippen LogP contribution in [0, 0.1) is 10.8 Å². The predicted octanol–water partition coefficient (Wildman–Crippen LogP) is -0.473. The van der Waals surface area contributed by atoms with Crippen LogP contribution in [0.2, 0.25) is 0 Å². The highest BCUT2D eigenvalue weighted by atomic mass is 16.4. The summed E-state index contributed by atoms with van der Waals surface area (Å²) in [5.41, 5.74) is 4.23. The molecule has 5 nitrogen and oxygen atoms in total. The lowest BCUT2D eigenvalue weighted by atomic mass is 9.61. The van der Waals surface area contributed by atoms with Crippen molar-refractivity contribution in [3.63, 3.8) is 0 Å². The minimum absolute atomic E-state index is 0.208. The van der Waals surface area contributed by atoms with Crippen molar-refractivity contribution in [3.8, 4) is 0 Å². The molecular formula is C10H17BN2O3. The van der Waals surface area contributed by atoms with E-state index in [0.29, 0.717) is 0 Å². The van der Waals surface area contributed by atoms with E-state index in [9.17, 15) is 4.79 Å². The van der Waals surface area contributed by atoms with Gasteiger partial charge in [0.2, 0.25) is 5.91 Å². The Kier molecular flexibility index (Phi) is 3.26. The van der Waals surface area contributed by atoms with E-state index < -0.39 is 23.9 Å². The molecule has 88 valence electrons. The molecule has 0 unspecified atom stereocenters. The Bertz CT molecular complexity index is 358. The molecule has 0 saturated heterocycles. The molecule has 0 bridgehead atoms. The number of hydrogen-bond acceptors (Lipinski definition) is 4. The summed E-state index contributed by atoms with van der Waals surface area (Å²) >= 11 is 0. The summed E-state index contributed by atoms with van der Waals surface area (Å²) in [6.45, 7) is 5.85. The maximum Gasteiger partial charge on any atom is 0.489 e. The second-order valence-electron chi connectivity index (χ2n) is 5.07. The standard InChI is InChI=1S/C10H17BN2O3/c1-9(2,3)10(8(12)14)4-7(11(15)16)5-13-6-10/h4-5,15-16H,6H2,1-3H3,(H2,12,14)/t10-/m0/s1. The van der Waals surface area contributed by atoms with E-state index in [1.54, 1.807) is 0 Å². The summed E-state index contributed by atoms with van der Waals surface area (Å²) in [6, 6.07) is 0. The second kappa shape index (κ2) is 4.03. The molecule has 0 aromatic rings. The number of primary amides is 1. The minimum Gasteiger partial charge on any atom is -0.423 e. The molecule has 16 heavy (non-hydrogen) atoms. The van der Waals surface area contributed by atoms with E-state index in [2.05, 4.69) is 4.99 Å². The fourth-order valence-electron chi connectivity index (χ4n) is 1.78. The van der Waals surface area contributed by atoms with Gasteiger partial charge in [0, 0.05) is 6.21 Å². The van der Waals surface area contributed by atoms with Crippen LogP contribution in [0.3, 0.4) is 0 Å². The van der Waals surface area contributed by atoms with Crippen LogP contribution < -0.4 is 5.73 Å². The van der Waals surface area contributed by atoms with E-state index in [0.717, 1.165) is 0 Å². The van der Waals surface area contributed by atoms with Gasteiger partial charge >= 0.3 is 7.12 Å². The van der Waals surface area contributed by atoms with Crippen molar-refractivity contribution in [1.82, 2.24) is 0 Å². The van der Waals surface area contributed by atoms with Gasteiger partial charge in [-0.2, -0.15) is 0 Å². The number of allylic oxidation sites excluding steroid dienone is 1. The lowest BCUT2D eigenvalue weighted by Crippen LogP contribution is -2.49. The van der Waals surface area contributed by atoms with Gasteiger partial charge in [-0.1, -0.05) is 26.8 Å². The summed E-state index contributed by atoms with van der Waals surface area (Å²) < 4.78 is 0. The monoisotopic (exact) mass is 224 g/mol. The molecule has 1 amide bonds. The van der Waals surface area contributed by atoms with Crippen molar-refractivity contribution in [2.75, 3.05) is 6.54 Å². The molecular weight excluding hydrogens is 207 g/mol. The number of amides is 1. The number of aliphatic imine (C=N–C) groups is 1. The maximum atomic E-state index is 11.6. The number of nitrogens with two attached hydrogens (primary N) is 1. The Morgan fingerprint density at radius 3 is 2.50 bits per heavy atom. The summed E-state index contributed by atoms with van der Waals surface area (Å²) in [7, 11) is -1.63. The topological polar surface area (TPSA) is 95.9 Å². The predicted molar refractivity (Wildman–Crippen MR) is 62.7 cm³/mol. The summed E-state index contributed by atoms with van der Waals surface area (Å²) in [5.74, 6) is -0.505. The van der Waals surface area contributed by atoms with Crippen LogP contribution in [-0.2, 0) is 4.79 Å². The first-order valence-electron chi connectivity index (χ1n) is 5.09. The van der Waals surface area contributed by atoms with Gasteiger partial charge in [-0.25, -0.2) is 0 Å². The molecule has 0 saturated carbocycles. The highest BCUT2D eigenvalue weighted by Crippen LogP contribution is 2.42. The summed E-state index contributed by atoms with van der Waals surface area (Å²) in [5, 5.41) is 18.2. The van der Waals surface area contributed by atoms with Crippen LogP contribution in [0.25, 0.3) is 0 Å². The Balaban J connectivity index is 3.26. The van der Waals surface area contributed by atoms with Gasteiger partial charge < -0.3 is 15.8 Å². The quantitative estimate of drug-likeness (QED) is 0.553. The Labute approximate surface area is 95.2 Å². The van der Waals surface area contributed by atoms with E-state index in [1.165, 1.54) is 12.3 Å². The van der Waals surface area contributed by atoms with Crippen LogP contribution >= 0.6 is 0 Å². The lowest BCUT2D eigenvalue weighted by molar-refractivity contribution is -0.129. The summed E-state index contributed by atoms with van der Waals surface area (Å²) in [4.78, 5) is 15.6. The number of carbonyl (C=O) groups is 1. The SMILES string of the molecule is CC(C)(C)[C@@]1(C(N)=O)C=C(B(O)O)C=NC1. The van der Waals surface area contributed by atoms with Crippen molar-refractivity contribution in [1.29, 1.82) is 0 Å². The lowest BCUT2D eigenvalue weighted by Gasteiger charge is -2.40. The van der Waals surface area contributed by atoms with Crippen molar-refractivity contribution in [2.45, 2.75) is 20.8 Å². The number of nitrogens with zero attached hydrogens (tertiary/aromatic N) is 1. The Morgan fingerprint density at radius 1 is 1.56 bits per heavy atom. The Morgan fingerprint density at radius 2 is 2.12 bits per heavy atom. The van der Waals surface area contributed by atoms with Crippen molar-refractivity contribution in [3.05, 3.63) is 11.5 Å². The van der Waals surface area contributed by atoms with E-state index in [1.807, 2.05) is 20.8 Å². The van der Waals surface area contributed by atoms with Gasteiger partial charge in [-0.3, -0.25) is 9.79 Å². The van der Waals surface area contributed by atoms with Gasteiger partial charge in [0.25, 0.3) is 0 Å². The van der Waals surface area contributed by atoms with Crippen LogP contribution in [-0.4, -0.2) is 35.8 Å². The normalized spacial score (nSPS) is 25.2. The van der Waals surface area contributed by atoms with Crippen molar-refractivity contribution in [2.24, 2.45) is 21.6 Å². The highest BCUT2D eigenvalue weighted by Gasteiger charge is 2.47. The molecule has 1 rings (SSSR count). The van der Waals surface area contributed by atoms with Crippen LogP contribution in [0.4, 0.5) is 0 Å². The van der Waals surface area contributed by atoms with Crippen LogP contribution in [0.1, 0.15) is 20.8 Å². The van der Waals surface area contributed by atoms with Gasteiger partial charge in [0.15, 0.2) is 0 Å². The zero-order chi connectivity index (χ0) is 12.6. The van der Waals surface area contributed by atoms with Crippen LogP contribution in [0.5, 0.6) is 0 Å². The fraction of sp³-hybridized carbons (Fsp3) is 0.600. The third kappa shape index (κ3) is 2.03. The van der Waals surface area contributed by atoms with E-state index in [4.69, 9.17) is 15.8 Å². The first kappa shape index (κ1) is 12.9. The van der Waals surface area contributed by atoms with E-state index >= 15 is 0 Å². The Hall–Kier alpha value is -1.14. The number of hydrogen-bond donors (Lipinski definition) is 3. The zero-order valence-corrected chi connectivity index (χ0v) is 9.77. The van der Waals surface area contributed by atoms with Gasteiger partial charge in [0.05, 0.1) is 12.0 Å². The molecule has 0 radical (unpaired) electrons. The average molecular weight is 224 g/mol. The third-order valence-electron chi connectivity index (χ3n) is 3.07. The molecule has 0 aromatic carbocycles. The van der Waals surface area contributed by atoms with Gasteiger partial charge in [0.1, 0.15) is 0 Å². The molecule has 1 atom stereocenters. The van der Waals surface area contributed by atoms with Gasteiger partial charge in [-0.05, 0) is 10.9 Å². The smallest absolute Gasteiger partial charge is 0.423 e. The molecule has 6 heteroatoms. The molecule has 0 aliphatic carbocycles. The summed E-state index contributed by atoms with van der Waals surface area (Å²) in [6.07, 6.45) is 2.88. The number of carbonyl (C=O) groups excluding carboxylic acids is 1. The molecule has 0 spiro atoms. The average Bonchev–Trinajstić information content (AvgIpc) is 2.15. The molecule has 1 aliphatic rings. The highest BCUT2D eigenvalue weighted by molar-refractivity contribution is 6.57. The number of rotatable bonds is 2. The molecule has 0 aromatic heterocycles.